The lowest BCUT2D eigenvalue weighted by Crippen LogP contribution is -2.12. The average molecular weight is 302 g/mol. The van der Waals surface area contributed by atoms with Crippen molar-refractivity contribution in [2.75, 3.05) is 5.32 Å². The molecule has 0 unspecified atom stereocenters. The second-order valence-corrected chi connectivity index (χ2v) is 5.63. The Morgan fingerprint density at radius 3 is 2.76 bits per heavy atom. The largest absolute Gasteiger partial charge is 0.367 e. The van der Waals surface area contributed by atoms with Crippen LogP contribution in [0.2, 0.25) is 5.02 Å². The molecule has 0 saturated heterocycles. The Kier molecular flexibility index (Phi) is 3.51. The normalized spacial score (nSPS) is 11.3. The molecule has 6 heteroatoms. The molecule has 0 radical (unpaired) electrons. The fourth-order valence-electron chi connectivity index (χ4n) is 2.20. The highest BCUT2D eigenvalue weighted by molar-refractivity contribution is 6.30. The SMILES string of the molecule is Cc1nc(NC(C)C)c2cnn(-c3cccc(Cl)c3)c2n1. The van der Waals surface area contributed by atoms with E-state index in [2.05, 4.69) is 34.2 Å². The van der Waals surface area contributed by atoms with Crippen molar-refractivity contribution in [3.63, 3.8) is 0 Å². The number of rotatable bonds is 3. The van der Waals surface area contributed by atoms with E-state index >= 15 is 0 Å². The van der Waals surface area contributed by atoms with Crippen LogP contribution in [-0.2, 0) is 0 Å². The van der Waals surface area contributed by atoms with E-state index in [4.69, 9.17) is 11.6 Å². The van der Waals surface area contributed by atoms with Crippen molar-refractivity contribution in [2.45, 2.75) is 26.8 Å². The minimum absolute atomic E-state index is 0.289. The Hall–Kier alpha value is -2.14. The Morgan fingerprint density at radius 2 is 2.05 bits per heavy atom. The molecule has 0 aliphatic heterocycles. The monoisotopic (exact) mass is 301 g/mol. The number of aromatic nitrogens is 4. The zero-order valence-corrected chi connectivity index (χ0v) is 12.9. The number of aryl methyl sites for hydroxylation is 1. The van der Waals surface area contributed by atoms with E-state index in [0.717, 1.165) is 22.5 Å². The maximum Gasteiger partial charge on any atom is 0.168 e. The predicted octanol–water partition coefficient (Wildman–Crippen LogP) is 3.60. The van der Waals surface area contributed by atoms with E-state index in [1.807, 2.05) is 31.2 Å². The van der Waals surface area contributed by atoms with Crippen molar-refractivity contribution in [1.82, 2.24) is 19.7 Å². The molecule has 1 aromatic carbocycles. The van der Waals surface area contributed by atoms with E-state index in [9.17, 15) is 0 Å². The summed E-state index contributed by atoms with van der Waals surface area (Å²) in [6.07, 6.45) is 1.78. The van der Waals surface area contributed by atoms with Gasteiger partial charge in [-0.2, -0.15) is 5.10 Å². The molecule has 0 amide bonds. The van der Waals surface area contributed by atoms with Crippen molar-refractivity contribution in [3.05, 3.63) is 41.3 Å². The second kappa shape index (κ2) is 5.33. The van der Waals surface area contributed by atoms with E-state index in [1.165, 1.54) is 0 Å². The lowest BCUT2D eigenvalue weighted by atomic mass is 10.3. The number of hydrogen-bond donors (Lipinski definition) is 1. The van der Waals surface area contributed by atoms with Crippen LogP contribution in [-0.4, -0.2) is 25.8 Å². The van der Waals surface area contributed by atoms with E-state index < -0.39 is 0 Å². The first-order valence-corrected chi connectivity index (χ1v) is 7.17. The van der Waals surface area contributed by atoms with Gasteiger partial charge in [-0.15, -0.1) is 0 Å². The lowest BCUT2D eigenvalue weighted by molar-refractivity contribution is 0.877. The summed E-state index contributed by atoms with van der Waals surface area (Å²) in [5.41, 5.74) is 1.65. The van der Waals surface area contributed by atoms with Crippen LogP contribution in [0.15, 0.2) is 30.5 Å². The first-order valence-electron chi connectivity index (χ1n) is 6.79. The molecule has 0 atom stereocenters. The third-order valence-electron chi connectivity index (χ3n) is 3.02. The molecule has 0 saturated carbocycles. The van der Waals surface area contributed by atoms with E-state index in [1.54, 1.807) is 10.9 Å². The standard InChI is InChI=1S/C15H16ClN5/c1-9(2)18-14-13-8-17-21(15(13)20-10(3)19-14)12-6-4-5-11(16)7-12/h4-9H,1-3H3,(H,18,19,20). The number of hydrogen-bond acceptors (Lipinski definition) is 4. The lowest BCUT2D eigenvalue weighted by Gasteiger charge is -2.11. The number of nitrogens with zero attached hydrogens (tertiary/aromatic N) is 4. The van der Waals surface area contributed by atoms with Crippen LogP contribution >= 0.6 is 11.6 Å². The highest BCUT2D eigenvalue weighted by Crippen LogP contribution is 2.24. The highest BCUT2D eigenvalue weighted by Gasteiger charge is 2.13. The topological polar surface area (TPSA) is 55.6 Å². The summed E-state index contributed by atoms with van der Waals surface area (Å²) in [4.78, 5) is 8.98. The summed E-state index contributed by atoms with van der Waals surface area (Å²) < 4.78 is 1.78. The van der Waals surface area contributed by atoms with Gasteiger partial charge in [0.2, 0.25) is 0 Å². The Bertz CT molecular complexity index is 794. The zero-order chi connectivity index (χ0) is 15.0. The minimum Gasteiger partial charge on any atom is -0.367 e. The molecular formula is C15H16ClN5. The average Bonchev–Trinajstić information content (AvgIpc) is 2.81. The van der Waals surface area contributed by atoms with Crippen LogP contribution < -0.4 is 5.32 Å². The Balaban J connectivity index is 2.20. The smallest absolute Gasteiger partial charge is 0.168 e. The van der Waals surface area contributed by atoms with Crippen LogP contribution in [0.3, 0.4) is 0 Å². The van der Waals surface area contributed by atoms with Gasteiger partial charge in [0.25, 0.3) is 0 Å². The Morgan fingerprint density at radius 1 is 1.24 bits per heavy atom. The van der Waals surface area contributed by atoms with Crippen LogP contribution in [0.1, 0.15) is 19.7 Å². The molecule has 0 aliphatic rings. The number of halogens is 1. The molecule has 2 aromatic heterocycles. The van der Waals surface area contributed by atoms with Gasteiger partial charge < -0.3 is 5.32 Å². The van der Waals surface area contributed by atoms with Crippen molar-refractivity contribution in [1.29, 1.82) is 0 Å². The summed E-state index contributed by atoms with van der Waals surface area (Å²) in [7, 11) is 0. The molecule has 0 fully saturated rings. The third kappa shape index (κ3) is 2.69. The second-order valence-electron chi connectivity index (χ2n) is 5.19. The summed E-state index contributed by atoms with van der Waals surface area (Å²) >= 11 is 6.06. The minimum atomic E-state index is 0.289. The summed E-state index contributed by atoms with van der Waals surface area (Å²) in [5, 5.41) is 9.33. The van der Waals surface area contributed by atoms with Crippen molar-refractivity contribution in [2.24, 2.45) is 0 Å². The molecule has 0 bridgehead atoms. The van der Waals surface area contributed by atoms with Gasteiger partial charge in [-0.3, -0.25) is 0 Å². The van der Waals surface area contributed by atoms with Crippen LogP contribution in [0.5, 0.6) is 0 Å². The van der Waals surface area contributed by atoms with E-state index in [0.29, 0.717) is 10.8 Å². The number of anilines is 1. The molecule has 108 valence electrons. The maximum absolute atomic E-state index is 6.06. The number of benzene rings is 1. The fourth-order valence-corrected chi connectivity index (χ4v) is 2.38. The first kappa shape index (κ1) is 13.8. The Labute approximate surface area is 128 Å². The molecular weight excluding hydrogens is 286 g/mol. The van der Waals surface area contributed by atoms with Crippen molar-refractivity contribution >= 4 is 28.5 Å². The van der Waals surface area contributed by atoms with Gasteiger partial charge >= 0.3 is 0 Å². The van der Waals surface area contributed by atoms with Crippen LogP contribution in [0.4, 0.5) is 5.82 Å². The molecule has 21 heavy (non-hydrogen) atoms. The molecule has 3 aromatic rings. The van der Waals surface area contributed by atoms with Crippen molar-refractivity contribution in [3.8, 4) is 5.69 Å². The van der Waals surface area contributed by atoms with Gasteiger partial charge in [0.15, 0.2) is 5.65 Å². The molecule has 2 heterocycles. The fraction of sp³-hybridized carbons (Fsp3) is 0.267. The number of fused-ring (bicyclic) bond motifs is 1. The molecule has 3 rings (SSSR count). The summed E-state index contributed by atoms with van der Waals surface area (Å²) in [5.74, 6) is 1.51. The maximum atomic E-state index is 6.06. The van der Waals surface area contributed by atoms with Gasteiger partial charge in [0, 0.05) is 11.1 Å². The summed E-state index contributed by atoms with van der Waals surface area (Å²) in [6.45, 7) is 6.02. The third-order valence-corrected chi connectivity index (χ3v) is 3.25. The van der Waals surface area contributed by atoms with Gasteiger partial charge in [0.05, 0.1) is 17.3 Å². The molecule has 5 nitrogen and oxygen atoms in total. The van der Waals surface area contributed by atoms with Gasteiger partial charge in [-0.25, -0.2) is 14.6 Å². The van der Waals surface area contributed by atoms with Crippen molar-refractivity contribution < 1.29 is 0 Å². The molecule has 0 spiro atoms. The first-order chi connectivity index (χ1) is 10.0. The molecule has 1 N–H and O–H groups in total. The van der Waals surface area contributed by atoms with E-state index in [-0.39, 0.29) is 6.04 Å². The summed E-state index contributed by atoms with van der Waals surface area (Å²) in [6, 6.07) is 7.83. The zero-order valence-electron chi connectivity index (χ0n) is 12.1. The molecule has 0 aliphatic carbocycles. The van der Waals surface area contributed by atoms with Crippen LogP contribution in [0, 0.1) is 6.92 Å². The quantitative estimate of drug-likeness (QED) is 0.803. The predicted molar refractivity (Wildman–Crippen MR) is 85.2 cm³/mol. The van der Waals surface area contributed by atoms with Gasteiger partial charge in [0.1, 0.15) is 11.6 Å². The van der Waals surface area contributed by atoms with Crippen LogP contribution in [0.25, 0.3) is 16.7 Å². The van der Waals surface area contributed by atoms with Gasteiger partial charge in [-0.05, 0) is 39.0 Å². The number of nitrogens with one attached hydrogen (secondary N) is 1. The van der Waals surface area contributed by atoms with Gasteiger partial charge in [-0.1, -0.05) is 17.7 Å². The highest BCUT2D eigenvalue weighted by atomic mass is 35.5.